The minimum absolute atomic E-state index is 1.11. The molecule has 2 nitrogen and oxygen atoms in total. The van der Waals surface area contributed by atoms with Gasteiger partial charge in [0.2, 0.25) is 0 Å². The molecule has 15 aromatic carbocycles. The Morgan fingerprint density at radius 2 is 0.543 bits per heavy atom. The molecule has 1 N–H and O–H groups in total. The Morgan fingerprint density at radius 1 is 0.235 bits per heavy atom. The van der Waals surface area contributed by atoms with Crippen molar-refractivity contribution in [3.8, 4) is 44.5 Å². The maximum absolute atomic E-state index is 3.45. The van der Waals surface area contributed by atoms with E-state index in [0.717, 1.165) is 28.4 Å². The Bertz CT molecular complexity index is 4630. The molecule has 0 saturated heterocycles. The Kier molecular flexibility index (Phi) is 12.9. The number of anilines is 5. The molecular formula is C79H56N2. The van der Waals surface area contributed by atoms with Crippen LogP contribution in [0.15, 0.2) is 315 Å². The lowest BCUT2D eigenvalue weighted by Crippen LogP contribution is -2.10. The van der Waals surface area contributed by atoms with Crippen LogP contribution in [0.25, 0.3) is 109 Å². The van der Waals surface area contributed by atoms with Gasteiger partial charge in [-0.05, 0) is 154 Å². The molecule has 382 valence electrons. The van der Waals surface area contributed by atoms with Crippen LogP contribution in [-0.2, 0) is 0 Å². The lowest BCUT2D eigenvalue weighted by atomic mass is 9.84. The summed E-state index contributed by atoms with van der Waals surface area (Å²) in [6, 6.07) is 114. The van der Waals surface area contributed by atoms with Gasteiger partial charge in [-0.25, -0.2) is 0 Å². The molecule has 0 atom stereocenters. The van der Waals surface area contributed by atoms with Gasteiger partial charge < -0.3 is 10.2 Å². The fraction of sp³-hybridized carbons (Fsp3) is 0.0127. The van der Waals surface area contributed by atoms with E-state index in [2.05, 4.69) is 314 Å². The number of nitrogens with zero attached hydrogens (tertiary/aromatic N) is 1. The van der Waals surface area contributed by atoms with Crippen LogP contribution in [-0.4, -0.2) is 0 Å². The number of para-hydroxylation sites is 2. The smallest absolute Gasteiger partial charge is 0.0540 e. The highest BCUT2D eigenvalue weighted by atomic mass is 15.1. The number of hydrogen-bond acceptors (Lipinski definition) is 2. The summed E-state index contributed by atoms with van der Waals surface area (Å²) in [7, 11) is 0. The van der Waals surface area contributed by atoms with Crippen LogP contribution in [0.5, 0.6) is 0 Å². The standard InChI is InChI=1S/C63H43N.C16H13N/c1-42-30-32-44(33-31-42)60-51-21-7-9-23-53(51)61(54-24-10-8-22-52(54)60)45-34-36-46(37-35-45)62-55-25-11-13-27-57(55)63(58-28-14-12-26-56(58)62)47-38-40-49(41-39-47)64(48-18-3-2-4-19-48)59-29-15-17-43-16-5-6-20-50(43)59;1-2-9-14(10-3-1)17-16-12-6-8-13-7-4-5-11-15(13)16/h2-41H,1H3;1-12,17H. The predicted octanol–water partition coefficient (Wildman–Crippen LogP) is 22.5. The highest BCUT2D eigenvalue weighted by Crippen LogP contribution is 2.48. The molecule has 0 fully saturated rings. The van der Waals surface area contributed by atoms with Crippen molar-refractivity contribution in [2.24, 2.45) is 0 Å². The van der Waals surface area contributed by atoms with Crippen molar-refractivity contribution < 1.29 is 0 Å². The molecule has 0 heterocycles. The van der Waals surface area contributed by atoms with Gasteiger partial charge in [0, 0.05) is 33.5 Å². The molecule has 0 unspecified atom stereocenters. The molecule has 15 aromatic rings. The molecule has 0 saturated carbocycles. The average molecular weight is 1030 g/mol. The summed E-state index contributed by atoms with van der Waals surface area (Å²) in [6.07, 6.45) is 0. The summed E-state index contributed by atoms with van der Waals surface area (Å²) in [6.45, 7) is 2.15. The number of fused-ring (bicyclic) bond motifs is 6. The maximum Gasteiger partial charge on any atom is 0.0540 e. The SMILES string of the molecule is Cc1ccc(-c2c3ccccc3c(-c3ccc(-c4c5ccccc5c(-c5ccc(N(c6ccccc6)c6cccc7ccccc67)cc5)c5ccccc45)cc3)c3ccccc23)cc1.c1ccc(Nc2cccc3ccccc23)cc1. The summed E-state index contributed by atoms with van der Waals surface area (Å²) in [5, 5.41) is 18.4. The van der Waals surface area contributed by atoms with Gasteiger partial charge in [-0.1, -0.05) is 272 Å². The molecule has 0 amide bonds. The van der Waals surface area contributed by atoms with Crippen molar-refractivity contribution in [1.82, 2.24) is 0 Å². The molecule has 0 spiro atoms. The number of aryl methyl sites for hydroxylation is 1. The van der Waals surface area contributed by atoms with Crippen LogP contribution in [0, 0.1) is 6.92 Å². The normalized spacial score (nSPS) is 11.3. The Hall–Kier alpha value is -10.5. The molecular weight excluding hydrogens is 977 g/mol. The van der Waals surface area contributed by atoms with Crippen LogP contribution in [0.4, 0.5) is 28.4 Å². The molecule has 2 heteroatoms. The highest BCUT2D eigenvalue weighted by Gasteiger charge is 2.21. The Balaban J connectivity index is 0.000000295. The molecule has 0 bridgehead atoms. The van der Waals surface area contributed by atoms with Gasteiger partial charge in [0.25, 0.3) is 0 Å². The number of hydrogen-bond donors (Lipinski definition) is 1. The molecule has 0 aromatic heterocycles. The second-order valence-corrected chi connectivity index (χ2v) is 20.9. The van der Waals surface area contributed by atoms with Crippen LogP contribution in [0.1, 0.15) is 5.56 Å². The zero-order valence-electron chi connectivity index (χ0n) is 45.0. The van der Waals surface area contributed by atoms with Crippen molar-refractivity contribution in [2.45, 2.75) is 6.92 Å². The summed E-state index contributed by atoms with van der Waals surface area (Å²) in [4.78, 5) is 2.37. The van der Waals surface area contributed by atoms with Crippen molar-refractivity contribution in [3.05, 3.63) is 321 Å². The van der Waals surface area contributed by atoms with Crippen LogP contribution in [0.2, 0.25) is 0 Å². The fourth-order valence-electron chi connectivity index (χ4n) is 12.2. The zero-order valence-corrected chi connectivity index (χ0v) is 45.0. The first-order valence-electron chi connectivity index (χ1n) is 27.9. The fourth-order valence-corrected chi connectivity index (χ4v) is 12.2. The first kappa shape index (κ1) is 48.8. The molecule has 0 radical (unpaired) electrons. The van der Waals surface area contributed by atoms with Gasteiger partial charge in [0.15, 0.2) is 0 Å². The molecule has 81 heavy (non-hydrogen) atoms. The van der Waals surface area contributed by atoms with E-state index in [-0.39, 0.29) is 0 Å². The van der Waals surface area contributed by atoms with E-state index in [1.165, 1.54) is 115 Å². The minimum Gasteiger partial charge on any atom is -0.355 e. The second-order valence-electron chi connectivity index (χ2n) is 20.9. The van der Waals surface area contributed by atoms with E-state index in [1.807, 2.05) is 18.2 Å². The van der Waals surface area contributed by atoms with Gasteiger partial charge in [-0.2, -0.15) is 0 Å². The molecule has 0 aliphatic carbocycles. The van der Waals surface area contributed by atoms with Gasteiger partial charge in [-0.15, -0.1) is 0 Å². The van der Waals surface area contributed by atoms with Crippen molar-refractivity contribution in [2.75, 3.05) is 10.2 Å². The van der Waals surface area contributed by atoms with Crippen LogP contribution in [0.3, 0.4) is 0 Å². The van der Waals surface area contributed by atoms with Gasteiger partial charge in [0.1, 0.15) is 0 Å². The van der Waals surface area contributed by atoms with Crippen molar-refractivity contribution in [1.29, 1.82) is 0 Å². The third-order valence-electron chi connectivity index (χ3n) is 15.9. The van der Waals surface area contributed by atoms with Crippen molar-refractivity contribution in [3.63, 3.8) is 0 Å². The van der Waals surface area contributed by atoms with Gasteiger partial charge >= 0.3 is 0 Å². The first-order chi connectivity index (χ1) is 40.1. The van der Waals surface area contributed by atoms with Gasteiger partial charge in [0.05, 0.1) is 5.69 Å². The Morgan fingerprint density at radius 3 is 0.988 bits per heavy atom. The average Bonchev–Trinajstić information content (AvgIpc) is 3.68. The van der Waals surface area contributed by atoms with Crippen molar-refractivity contribution >= 4 is 93.1 Å². The monoisotopic (exact) mass is 1030 g/mol. The number of nitrogens with one attached hydrogen (secondary N) is 1. The first-order valence-corrected chi connectivity index (χ1v) is 27.9. The summed E-state index contributed by atoms with van der Waals surface area (Å²) in [5.74, 6) is 0. The topological polar surface area (TPSA) is 15.3 Å². The van der Waals surface area contributed by atoms with Crippen LogP contribution >= 0.6 is 0 Å². The Labute approximate surface area is 473 Å². The van der Waals surface area contributed by atoms with E-state index in [9.17, 15) is 0 Å². The zero-order chi connectivity index (χ0) is 54.1. The summed E-state index contributed by atoms with van der Waals surface area (Å²) < 4.78 is 0. The number of benzene rings is 15. The summed E-state index contributed by atoms with van der Waals surface area (Å²) >= 11 is 0. The quantitative estimate of drug-likeness (QED) is 0.145. The second kappa shape index (κ2) is 21.4. The third-order valence-corrected chi connectivity index (χ3v) is 15.9. The predicted molar refractivity (Wildman–Crippen MR) is 349 cm³/mol. The largest absolute Gasteiger partial charge is 0.355 e. The lowest BCUT2D eigenvalue weighted by Gasteiger charge is -2.27. The van der Waals surface area contributed by atoms with E-state index < -0.39 is 0 Å². The minimum atomic E-state index is 1.11. The van der Waals surface area contributed by atoms with E-state index in [1.54, 1.807) is 0 Å². The highest BCUT2D eigenvalue weighted by molar-refractivity contribution is 6.23. The molecule has 0 aliphatic rings. The van der Waals surface area contributed by atoms with E-state index in [4.69, 9.17) is 0 Å². The molecule has 0 aliphatic heterocycles. The lowest BCUT2D eigenvalue weighted by molar-refractivity contribution is 1.30. The van der Waals surface area contributed by atoms with Crippen LogP contribution < -0.4 is 10.2 Å². The number of rotatable bonds is 9. The maximum atomic E-state index is 3.45. The van der Waals surface area contributed by atoms with E-state index >= 15 is 0 Å². The molecule has 15 rings (SSSR count). The van der Waals surface area contributed by atoms with E-state index in [0.29, 0.717) is 0 Å². The van der Waals surface area contributed by atoms with Gasteiger partial charge in [-0.3, -0.25) is 0 Å². The summed E-state index contributed by atoms with van der Waals surface area (Å²) in [5.41, 5.74) is 16.8. The third kappa shape index (κ3) is 9.19.